The summed E-state index contributed by atoms with van der Waals surface area (Å²) in [5.41, 5.74) is 0. The molecule has 0 saturated heterocycles. The summed E-state index contributed by atoms with van der Waals surface area (Å²) in [5.74, 6) is -1.12. The second-order valence-corrected chi connectivity index (χ2v) is 14.8. The second-order valence-electron chi connectivity index (χ2n) is 14.8. The van der Waals surface area contributed by atoms with Crippen LogP contribution < -0.4 is 5.32 Å². The predicted octanol–water partition coefficient (Wildman–Crippen LogP) is 11.5. The molecule has 0 aliphatic heterocycles. The van der Waals surface area contributed by atoms with Crippen molar-refractivity contribution >= 4 is 18.0 Å². The van der Waals surface area contributed by atoms with Crippen LogP contribution in [0.4, 0.5) is 4.79 Å². The summed E-state index contributed by atoms with van der Waals surface area (Å²) in [6.45, 7) is 6.14. The normalized spacial score (nSPS) is 11.9. The Morgan fingerprint density at radius 2 is 0.800 bits per heavy atom. The number of amides is 1. The Kier molecular flexibility index (Phi) is 37.0. The largest absolute Gasteiger partial charge is 0.466 e. The summed E-state index contributed by atoms with van der Waals surface area (Å²) in [4.78, 5) is 39.9. The maximum atomic E-state index is 12.9. The number of carbonyl (C=O) groups excluding carboxylic acids is 3. The van der Waals surface area contributed by atoms with E-state index in [1.165, 1.54) is 141 Å². The maximum Gasteiger partial charge on any atom is 0.407 e. The fourth-order valence-electron chi connectivity index (χ4n) is 6.20. The van der Waals surface area contributed by atoms with Gasteiger partial charge in [0.25, 0.3) is 0 Å². The molecular formula is C42H82N2O6. The minimum atomic E-state index is -1.12. The SMILES string of the molecule is CCCCCCCCCCCCCCCCOC(=O)C[C@H](NC(=O)OCCCN(C)C)C(=O)OCCCCCCCCCCCCCCCC. The zero-order valence-electron chi connectivity index (χ0n) is 33.5. The average Bonchev–Trinajstić information content (AvgIpc) is 3.09. The van der Waals surface area contributed by atoms with E-state index in [2.05, 4.69) is 19.2 Å². The van der Waals surface area contributed by atoms with Crippen molar-refractivity contribution in [3.05, 3.63) is 0 Å². The Hall–Kier alpha value is -1.83. The van der Waals surface area contributed by atoms with Crippen LogP contribution in [0.5, 0.6) is 0 Å². The first kappa shape index (κ1) is 48.2. The lowest BCUT2D eigenvalue weighted by atomic mass is 10.0. The van der Waals surface area contributed by atoms with Crippen molar-refractivity contribution in [2.45, 2.75) is 213 Å². The smallest absolute Gasteiger partial charge is 0.407 e. The molecule has 0 aromatic carbocycles. The number of hydrogen-bond donors (Lipinski definition) is 1. The van der Waals surface area contributed by atoms with Crippen molar-refractivity contribution in [2.75, 3.05) is 40.5 Å². The first-order valence-electron chi connectivity index (χ1n) is 21.3. The minimum Gasteiger partial charge on any atom is -0.466 e. The van der Waals surface area contributed by atoms with Gasteiger partial charge in [-0.15, -0.1) is 0 Å². The Morgan fingerprint density at radius 1 is 0.460 bits per heavy atom. The fourth-order valence-corrected chi connectivity index (χ4v) is 6.20. The van der Waals surface area contributed by atoms with Gasteiger partial charge >= 0.3 is 18.0 Å². The highest BCUT2D eigenvalue weighted by atomic mass is 16.6. The van der Waals surface area contributed by atoms with Gasteiger partial charge in [0.1, 0.15) is 6.04 Å². The van der Waals surface area contributed by atoms with Crippen LogP contribution in [0.2, 0.25) is 0 Å². The Morgan fingerprint density at radius 3 is 1.18 bits per heavy atom. The van der Waals surface area contributed by atoms with Gasteiger partial charge in [0, 0.05) is 6.54 Å². The Balaban J connectivity index is 4.18. The molecule has 296 valence electrons. The fraction of sp³-hybridized carbons (Fsp3) is 0.929. The quantitative estimate of drug-likeness (QED) is 0.0387. The van der Waals surface area contributed by atoms with Crippen LogP contribution in [-0.4, -0.2) is 69.4 Å². The Bertz CT molecular complexity index is 763. The molecule has 1 atom stereocenters. The monoisotopic (exact) mass is 711 g/mol. The molecule has 0 aromatic heterocycles. The van der Waals surface area contributed by atoms with Crippen LogP contribution in [0.1, 0.15) is 206 Å². The van der Waals surface area contributed by atoms with Crippen LogP contribution in [0, 0.1) is 0 Å². The number of esters is 2. The van der Waals surface area contributed by atoms with Crippen LogP contribution in [0.15, 0.2) is 0 Å². The lowest BCUT2D eigenvalue weighted by Gasteiger charge is -2.17. The van der Waals surface area contributed by atoms with Gasteiger partial charge in [-0.1, -0.05) is 181 Å². The number of nitrogens with zero attached hydrogens (tertiary/aromatic N) is 1. The number of ether oxygens (including phenoxy) is 3. The van der Waals surface area contributed by atoms with E-state index in [9.17, 15) is 14.4 Å². The molecule has 0 aliphatic carbocycles. The van der Waals surface area contributed by atoms with Crippen LogP contribution in [0.25, 0.3) is 0 Å². The third kappa shape index (κ3) is 36.0. The van der Waals surface area contributed by atoms with Crippen LogP contribution in [0.3, 0.4) is 0 Å². The molecule has 0 aliphatic rings. The number of carbonyl (C=O) groups is 3. The van der Waals surface area contributed by atoms with Crippen LogP contribution >= 0.6 is 0 Å². The molecule has 0 saturated carbocycles. The van der Waals surface area contributed by atoms with Crippen LogP contribution in [-0.2, 0) is 23.8 Å². The number of alkyl carbamates (subject to hydrolysis) is 1. The summed E-state index contributed by atoms with van der Waals surface area (Å²) in [7, 11) is 3.91. The van der Waals surface area contributed by atoms with Gasteiger partial charge < -0.3 is 24.4 Å². The molecule has 0 aromatic rings. The summed E-state index contributed by atoms with van der Waals surface area (Å²) < 4.78 is 16.1. The second kappa shape index (κ2) is 38.4. The number of rotatable bonds is 38. The summed E-state index contributed by atoms with van der Waals surface area (Å²) >= 11 is 0. The lowest BCUT2D eigenvalue weighted by molar-refractivity contribution is -0.152. The van der Waals surface area contributed by atoms with Gasteiger partial charge in [-0.3, -0.25) is 4.79 Å². The molecule has 0 unspecified atom stereocenters. The molecule has 8 nitrogen and oxygen atoms in total. The van der Waals surface area contributed by atoms with Gasteiger partial charge in [-0.25, -0.2) is 9.59 Å². The molecule has 1 amide bonds. The van der Waals surface area contributed by atoms with Crippen molar-refractivity contribution in [2.24, 2.45) is 0 Å². The van der Waals surface area contributed by atoms with Gasteiger partial charge in [0.2, 0.25) is 0 Å². The van der Waals surface area contributed by atoms with Crippen molar-refractivity contribution in [3.8, 4) is 0 Å². The van der Waals surface area contributed by atoms with Gasteiger partial charge in [0.05, 0.1) is 26.2 Å². The first-order chi connectivity index (χ1) is 24.4. The van der Waals surface area contributed by atoms with E-state index in [0.717, 1.165) is 45.1 Å². The zero-order valence-corrected chi connectivity index (χ0v) is 33.5. The van der Waals surface area contributed by atoms with E-state index in [0.29, 0.717) is 13.0 Å². The average molecular weight is 711 g/mol. The molecule has 0 fully saturated rings. The topological polar surface area (TPSA) is 94.2 Å². The zero-order chi connectivity index (χ0) is 36.8. The van der Waals surface area contributed by atoms with Crippen molar-refractivity contribution < 1.29 is 28.6 Å². The summed E-state index contributed by atoms with van der Waals surface area (Å²) in [5, 5.41) is 2.54. The Labute approximate surface area is 309 Å². The van der Waals surface area contributed by atoms with Crippen molar-refractivity contribution in [3.63, 3.8) is 0 Å². The standard InChI is InChI=1S/C42H82N2O6/c1-5-7-9-11-13-15-17-19-21-23-25-27-29-31-35-48-40(45)38-39(43-42(47)50-37-33-34-44(3)4)41(46)49-36-32-30-28-26-24-22-20-18-16-14-12-10-8-6-2/h39H,5-38H2,1-4H3,(H,43,47)/t39-/m0/s1. The lowest BCUT2D eigenvalue weighted by Crippen LogP contribution is -2.44. The summed E-state index contributed by atoms with van der Waals surface area (Å²) in [6.07, 6.45) is 35.0. The summed E-state index contributed by atoms with van der Waals surface area (Å²) in [6, 6.07) is -1.12. The van der Waals surface area contributed by atoms with E-state index in [1.54, 1.807) is 0 Å². The highest BCUT2D eigenvalue weighted by Crippen LogP contribution is 2.15. The van der Waals surface area contributed by atoms with E-state index in [1.807, 2.05) is 19.0 Å². The number of unbranched alkanes of at least 4 members (excludes halogenated alkanes) is 26. The predicted molar refractivity (Wildman–Crippen MR) is 209 cm³/mol. The molecular weight excluding hydrogens is 628 g/mol. The molecule has 0 radical (unpaired) electrons. The molecule has 0 rings (SSSR count). The highest BCUT2D eigenvalue weighted by molar-refractivity contribution is 5.86. The van der Waals surface area contributed by atoms with Gasteiger partial charge in [-0.05, 0) is 33.4 Å². The molecule has 8 heteroatoms. The van der Waals surface area contributed by atoms with E-state index in [-0.39, 0.29) is 19.6 Å². The van der Waals surface area contributed by atoms with E-state index in [4.69, 9.17) is 14.2 Å². The minimum absolute atomic E-state index is 0.231. The number of nitrogens with one attached hydrogen (secondary N) is 1. The molecule has 50 heavy (non-hydrogen) atoms. The molecule has 0 heterocycles. The maximum absolute atomic E-state index is 12.9. The highest BCUT2D eigenvalue weighted by Gasteiger charge is 2.27. The van der Waals surface area contributed by atoms with Crippen molar-refractivity contribution in [1.82, 2.24) is 10.2 Å². The van der Waals surface area contributed by atoms with Gasteiger partial charge in [0.15, 0.2) is 0 Å². The molecule has 0 spiro atoms. The molecule has 1 N–H and O–H groups in total. The van der Waals surface area contributed by atoms with E-state index >= 15 is 0 Å². The van der Waals surface area contributed by atoms with Gasteiger partial charge in [-0.2, -0.15) is 0 Å². The third-order valence-corrected chi connectivity index (χ3v) is 9.43. The van der Waals surface area contributed by atoms with Crippen molar-refractivity contribution in [1.29, 1.82) is 0 Å². The molecule has 0 bridgehead atoms. The number of hydrogen-bond acceptors (Lipinski definition) is 7. The third-order valence-electron chi connectivity index (χ3n) is 9.43. The first-order valence-corrected chi connectivity index (χ1v) is 21.3. The van der Waals surface area contributed by atoms with E-state index < -0.39 is 24.1 Å².